The molecule has 9 heteroatoms. The van der Waals surface area contributed by atoms with Crippen molar-refractivity contribution in [2.45, 2.75) is 32.2 Å². The fourth-order valence-corrected chi connectivity index (χ4v) is 4.98. The molecule has 0 aromatic carbocycles. The molecule has 0 unspecified atom stereocenters. The number of anilines is 1. The van der Waals surface area contributed by atoms with E-state index in [1.807, 2.05) is 13.0 Å². The highest BCUT2D eigenvalue weighted by Gasteiger charge is 2.35. The number of aromatic nitrogens is 2. The molecule has 1 aromatic rings. The molecular weight excluding hydrogens is 332 g/mol. The summed E-state index contributed by atoms with van der Waals surface area (Å²) in [6, 6.07) is 1.13. The maximum atomic E-state index is 12.7. The van der Waals surface area contributed by atoms with Crippen LogP contribution in [-0.4, -0.2) is 55.7 Å². The molecule has 2 saturated heterocycles. The van der Waals surface area contributed by atoms with Crippen LogP contribution in [0, 0.1) is 12.8 Å². The Balaban J connectivity index is 1.69. The lowest BCUT2D eigenvalue weighted by Crippen LogP contribution is -2.53. The van der Waals surface area contributed by atoms with Crippen molar-refractivity contribution in [3.05, 3.63) is 11.8 Å². The Kier molecular flexibility index (Phi) is 4.93. The summed E-state index contributed by atoms with van der Waals surface area (Å²) in [5.74, 6) is 0.514. The van der Waals surface area contributed by atoms with Gasteiger partial charge in [-0.25, -0.2) is 13.1 Å². The molecule has 3 rings (SSSR count). The van der Waals surface area contributed by atoms with Crippen LogP contribution in [-0.2, 0) is 26.6 Å². The van der Waals surface area contributed by atoms with Crippen molar-refractivity contribution in [3.63, 3.8) is 0 Å². The van der Waals surface area contributed by atoms with Gasteiger partial charge < -0.3 is 4.74 Å². The van der Waals surface area contributed by atoms with Crippen LogP contribution >= 0.6 is 0 Å². The molecule has 0 radical (unpaired) electrons. The van der Waals surface area contributed by atoms with Crippen LogP contribution in [0.1, 0.15) is 25.0 Å². The minimum atomic E-state index is -3.51. The molecule has 0 bridgehead atoms. The lowest BCUT2D eigenvalue weighted by Gasteiger charge is -2.32. The summed E-state index contributed by atoms with van der Waals surface area (Å²) in [6.07, 6.45) is 2.02. The van der Waals surface area contributed by atoms with Gasteiger partial charge in [-0.2, -0.15) is 5.10 Å². The molecule has 2 fully saturated rings. The zero-order valence-electron chi connectivity index (χ0n) is 14.1. The van der Waals surface area contributed by atoms with Gasteiger partial charge in [-0.1, -0.05) is 0 Å². The molecular formula is C15H24N4O4S. The number of carbonyl (C=O) groups is 1. The van der Waals surface area contributed by atoms with Gasteiger partial charge in [-0.15, -0.1) is 0 Å². The Morgan fingerprint density at radius 2 is 2.21 bits per heavy atom. The van der Waals surface area contributed by atoms with Gasteiger partial charge in [0.1, 0.15) is 11.9 Å². The second-order valence-corrected chi connectivity index (χ2v) is 8.38. The number of nitrogens with one attached hydrogen (secondary N) is 1. The van der Waals surface area contributed by atoms with Crippen LogP contribution in [0.3, 0.4) is 0 Å². The van der Waals surface area contributed by atoms with E-state index in [4.69, 9.17) is 4.74 Å². The van der Waals surface area contributed by atoms with E-state index in [1.54, 1.807) is 16.6 Å². The molecule has 1 amide bonds. The average molecular weight is 356 g/mol. The normalized spacial score (nSPS) is 25.4. The third-order valence-corrected chi connectivity index (χ3v) is 6.05. The summed E-state index contributed by atoms with van der Waals surface area (Å²) in [6.45, 7) is 3.52. The van der Waals surface area contributed by atoms with Crippen LogP contribution < -0.4 is 9.62 Å². The van der Waals surface area contributed by atoms with Gasteiger partial charge in [-0.05, 0) is 32.1 Å². The molecule has 1 N–H and O–H groups in total. The maximum Gasteiger partial charge on any atom is 0.246 e. The van der Waals surface area contributed by atoms with E-state index < -0.39 is 16.1 Å². The largest absolute Gasteiger partial charge is 0.381 e. The van der Waals surface area contributed by atoms with E-state index in [-0.39, 0.29) is 17.6 Å². The predicted octanol–water partition coefficient (Wildman–Crippen LogP) is 0.180. The van der Waals surface area contributed by atoms with E-state index >= 15 is 0 Å². The zero-order chi connectivity index (χ0) is 17.3. The Morgan fingerprint density at radius 3 is 2.83 bits per heavy atom. The first kappa shape index (κ1) is 17.4. The highest BCUT2D eigenvalue weighted by atomic mass is 32.2. The summed E-state index contributed by atoms with van der Waals surface area (Å²) in [5, 5.41) is 4.26. The molecule has 0 saturated carbocycles. The molecule has 134 valence electrons. The van der Waals surface area contributed by atoms with Gasteiger partial charge in [0, 0.05) is 26.3 Å². The van der Waals surface area contributed by atoms with Gasteiger partial charge in [0.2, 0.25) is 15.9 Å². The number of hydrogen-bond acceptors (Lipinski definition) is 5. The number of ether oxygens (including phenoxy) is 1. The van der Waals surface area contributed by atoms with Crippen molar-refractivity contribution < 1.29 is 17.9 Å². The van der Waals surface area contributed by atoms with Gasteiger partial charge >= 0.3 is 0 Å². The fraction of sp³-hybridized carbons (Fsp3) is 0.733. The van der Waals surface area contributed by atoms with Crippen molar-refractivity contribution in [2.75, 3.05) is 30.4 Å². The standard InChI is InChI=1S/C15H24N4O4S/c1-11-8-14(18(2)16-11)19-6-3-4-13(15(19)20)17-24(21,22)10-12-5-7-23-9-12/h8,12-13,17H,3-7,9-10H2,1-2H3/t12-,13+/m1/s1. The Labute approximate surface area is 142 Å². The lowest BCUT2D eigenvalue weighted by atomic mass is 10.1. The summed E-state index contributed by atoms with van der Waals surface area (Å²) in [4.78, 5) is 14.4. The van der Waals surface area contributed by atoms with E-state index in [9.17, 15) is 13.2 Å². The predicted molar refractivity (Wildman–Crippen MR) is 89.2 cm³/mol. The third-order valence-electron chi connectivity index (χ3n) is 4.49. The topological polar surface area (TPSA) is 93.5 Å². The molecule has 0 spiro atoms. The van der Waals surface area contributed by atoms with Crippen LogP contribution in [0.5, 0.6) is 0 Å². The van der Waals surface area contributed by atoms with Crippen molar-refractivity contribution in [1.29, 1.82) is 0 Å². The van der Waals surface area contributed by atoms with E-state index in [0.717, 1.165) is 18.5 Å². The van der Waals surface area contributed by atoms with Crippen LogP contribution in [0.15, 0.2) is 6.07 Å². The summed E-state index contributed by atoms with van der Waals surface area (Å²) >= 11 is 0. The molecule has 3 heterocycles. The summed E-state index contributed by atoms with van der Waals surface area (Å²) in [5.41, 5.74) is 0.823. The number of hydrogen-bond donors (Lipinski definition) is 1. The van der Waals surface area contributed by atoms with Crippen LogP contribution in [0.2, 0.25) is 0 Å². The van der Waals surface area contributed by atoms with E-state index in [2.05, 4.69) is 9.82 Å². The Bertz CT molecular complexity index is 709. The summed E-state index contributed by atoms with van der Waals surface area (Å²) < 4.78 is 34.2. The SMILES string of the molecule is Cc1cc(N2CCC[C@H](NS(=O)(=O)C[C@@H]3CCOC3)C2=O)n(C)n1. The van der Waals surface area contributed by atoms with Crippen molar-refractivity contribution in [2.24, 2.45) is 13.0 Å². The molecule has 8 nitrogen and oxygen atoms in total. The van der Waals surface area contributed by atoms with Gasteiger partial charge in [0.05, 0.1) is 18.1 Å². The maximum absolute atomic E-state index is 12.7. The number of sulfonamides is 1. The number of aryl methyl sites for hydroxylation is 2. The van der Waals surface area contributed by atoms with Crippen LogP contribution in [0.25, 0.3) is 0 Å². The number of rotatable bonds is 5. The van der Waals surface area contributed by atoms with Crippen LogP contribution in [0.4, 0.5) is 5.82 Å². The highest BCUT2D eigenvalue weighted by molar-refractivity contribution is 7.89. The Hall–Kier alpha value is -1.45. The highest BCUT2D eigenvalue weighted by Crippen LogP contribution is 2.22. The molecule has 2 atom stereocenters. The average Bonchev–Trinajstić information content (AvgIpc) is 3.10. The number of nitrogens with zero attached hydrogens (tertiary/aromatic N) is 3. The first-order valence-electron chi connectivity index (χ1n) is 8.25. The molecule has 1 aromatic heterocycles. The Morgan fingerprint density at radius 1 is 1.42 bits per heavy atom. The molecule has 2 aliphatic heterocycles. The number of piperidine rings is 1. The van der Waals surface area contributed by atoms with E-state index in [0.29, 0.717) is 32.0 Å². The monoisotopic (exact) mass is 356 g/mol. The number of carbonyl (C=O) groups excluding carboxylic acids is 1. The first-order valence-corrected chi connectivity index (χ1v) is 9.91. The van der Waals surface area contributed by atoms with E-state index in [1.165, 1.54) is 0 Å². The van der Waals surface area contributed by atoms with Gasteiger partial charge in [0.25, 0.3) is 0 Å². The molecule has 0 aliphatic carbocycles. The van der Waals surface area contributed by atoms with Gasteiger partial charge in [-0.3, -0.25) is 14.4 Å². The quantitative estimate of drug-likeness (QED) is 0.812. The lowest BCUT2D eigenvalue weighted by molar-refractivity contribution is -0.121. The second-order valence-electron chi connectivity index (χ2n) is 6.58. The third kappa shape index (κ3) is 3.79. The molecule has 24 heavy (non-hydrogen) atoms. The first-order chi connectivity index (χ1) is 11.4. The number of amides is 1. The second kappa shape index (κ2) is 6.81. The summed E-state index contributed by atoms with van der Waals surface area (Å²) in [7, 11) is -1.73. The minimum absolute atomic E-state index is 0.0111. The minimum Gasteiger partial charge on any atom is -0.381 e. The van der Waals surface area contributed by atoms with Gasteiger partial charge in [0.15, 0.2) is 0 Å². The van der Waals surface area contributed by atoms with Crippen molar-refractivity contribution >= 4 is 21.7 Å². The zero-order valence-corrected chi connectivity index (χ0v) is 14.9. The molecule has 2 aliphatic rings. The van der Waals surface area contributed by atoms with Crippen molar-refractivity contribution in [1.82, 2.24) is 14.5 Å². The smallest absolute Gasteiger partial charge is 0.246 e. The fourth-order valence-electron chi connectivity index (χ4n) is 3.35. The van der Waals surface area contributed by atoms with Crippen molar-refractivity contribution in [3.8, 4) is 0 Å².